The van der Waals surface area contributed by atoms with Gasteiger partial charge >= 0.3 is 0 Å². The third-order valence-corrected chi connectivity index (χ3v) is 4.92. The lowest BCUT2D eigenvalue weighted by molar-refractivity contribution is 0.0722. The van der Waals surface area contributed by atoms with E-state index in [2.05, 4.69) is 11.9 Å². The van der Waals surface area contributed by atoms with Crippen LogP contribution in [0.5, 0.6) is 0 Å². The third kappa shape index (κ3) is 2.70. The first-order valence-corrected chi connectivity index (χ1v) is 7.69. The molecule has 1 amide bonds. The van der Waals surface area contributed by atoms with Crippen LogP contribution in [0.15, 0.2) is 24.3 Å². The van der Waals surface area contributed by atoms with Gasteiger partial charge in [0.25, 0.3) is 5.91 Å². The molecule has 0 N–H and O–H groups in total. The minimum atomic E-state index is 0.145. The van der Waals surface area contributed by atoms with E-state index in [-0.39, 0.29) is 5.91 Å². The van der Waals surface area contributed by atoms with Gasteiger partial charge in [-0.2, -0.15) is 0 Å². The Kier molecular flexibility index (Phi) is 3.74. The number of likely N-dealkylation sites (tertiary alicyclic amines) is 2. The third-order valence-electron chi connectivity index (χ3n) is 4.67. The van der Waals surface area contributed by atoms with E-state index in [0.717, 1.165) is 31.6 Å². The van der Waals surface area contributed by atoms with E-state index in [1.165, 1.54) is 19.4 Å². The molecule has 3 nitrogen and oxygen atoms in total. The summed E-state index contributed by atoms with van der Waals surface area (Å²) in [6, 6.07) is 7.22. The minimum absolute atomic E-state index is 0.145. The Balaban J connectivity index is 1.70. The highest BCUT2D eigenvalue weighted by Gasteiger charge is 2.42. The van der Waals surface area contributed by atoms with Crippen molar-refractivity contribution in [2.45, 2.75) is 19.3 Å². The molecule has 0 saturated carbocycles. The zero-order chi connectivity index (χ0) is 14.2. The summed E-state index contributed by atoms with van der Waals surface area (Å²) in [5.41, 5.74) is 1.07. The second kappa shape index (κ2) is 5.38. The van der Waals surface area contributed by atoms with Crippen molar-refractivity contribution >= 4 is 17.5 Å². The van der Waals surface area contributed by atoms with Gasteiger partial charge in [0.2, 0.25) is 0 Å². The molecule has 1 aromatic carbocycles. The molecule has 2 aliphatic rings. The second-order valence-electron chi connectivity index (χ2n) is 6.32. The number of hydrogen-bond donors (Lipinski definition) is 0. The molecule has 108 valence electrons. The fourth-order valence-corrected chi connectivity index (χ4v) is 3.80. The number of halogens is 1. The molecule has 2 saturated heterocycles. The number of amides is 1. The van der Waals surface area contributed by atoms with Gasteiger partial charge in [0.05, 0.1) is 0 Å². The summed E-state index contributed by atoms with van der Waals surface area (Å²) in [6.45, 7) is 4.10. The summed E-state index contributed by atoms with van der Waals surface area (Å²) < 4.78 is 0. The molecule has 0 bridgehead atoms. The first-order valence-electron chi connectivity index (χ1n) is 7.31. The van der Waals surface area contributed by atoms with Gasteiger partial charge in [-0.15, -0.1) is 0 Å². The van der Waals surface area contributed by atoms with Crippen molar-refractivity contribution in [3.63, 3.8) is 0 Å². The van der Waals surface area contributed by atoms with E-state index in [9.17, 15) is 4.79 Å². The van der Waals surface area contributed by atoms with Crippen LogP contribution in [-0.4, -0.2) is 48.9 Å². The molecule has 2 fully saturated rings. The lowest BCUT2D eigenvalue weighted by atomic mass is 9.79. The van der Waals surface area contributed by atoms with E-state index >= 15 is 0 Å². The van der Waals surface area contributed by atoms with Crippen molar-refractivity contribution in [1.82, 2.24) is 9.80 Å². The highest BCUT2D eigenvalue weighted by atomic mass is 35.5. The minimum Gasteiger partial charge on any atom is -0.338 e. The van der Waals surface area contributed by atoms with E-state index in [1.54, 1.807) is 12.1 Å². The SMILES string of the molecule is CN1CCC[C@@]2(CCN(C(=O)c3ccc(Cl)cc3)C2)C1. The number of hydrogen-bond acceptors (Lipinski definition) is 2. The molecule has 1 spiro atoms. The summed E-state index contributed by atoms with van der Waals surface area (Å²) >= 11 is 5.88. The molecule has 0 aliphatic carbocycles. The number of rotatable bonds is 1. The van der Waals surface area contributed by atoms with E-state index in [1.807, 2.05) is 17.0 Å². The molecular weight excluding hydrogens is 272 g/mol. The molecule has 0 unspecified atom stereocenters. The Bertz CT molecular complexity index is 502. The Morgan fingerprint density at radius 2 is 1.90 bits per heavy atom. The lowest BCUT2D eigenvalue weighted by Gasteiger charge is -2.38. The summed E-state index contributed by atoms with van der Waals surface area (Å²) in [4.78, 5) is 17.0. The molecule has 4 heteroatoms. The van der Waals surface area contributed by atoms with Crippen molar-refractivity contribution in [1.29, 1.82) is 0 Å². The topological polar surface area (TPSA) is 23.6 Å². The van der Waals surface area contributed by atoms with Gasteiger partial charge in [-0.1, -0.05) is 11.6 Å². The van der Waals surface area contributed by atoms with E-state index < -0.39 is 0 Å². The van der Waals surface area contributed by atoms with Gasteiger partial charge in [0.1, 0.15) is 0 Å². The van der Waals surface area contributed by atoms with Crippen LogP contribution >= 0.6 is 11.6 Å². The van der Waals surface area contributed by atoms with Gasteiger partial charge < -0.3 is 9.80 Å². The van der Waals surface area contributed by atoms with Crippen LogP contribution in [0.25, 0.3) is 0 Å². The summed E-state index contributed by atoms with van der Waals surface area (Å²) in [5.74, 6) is 0.145. The number of benzene rings is 1. The van der Waals surface area contributed by atoms with Gasteiger partial charge in [-0.05, 0) is 57.1 Å². The molecule has 3 rings (SSSR count). The Morgan fingerprint density at radius 3 is 2.60 bits per heavy atom. The molecule has 2 heterocycles. The number of carbonyl (C=O) groups is 1. The molecule has 20 heavy (non-hydrogen) atoms. The number of piperidine rings is 1. The Hall–Kier alpha value is -1.06. The Morgan fingerprint density at radius 1 is 1.15 bits per heavy atom. The van der Waals surface area contributed by atoms with Crippen LogP contribution in [0.1, 0.15) is 29.6 Å². The van der Waals surface area contributed by atoms with Crippen LogP contribution in [0, 0.1) is 5.41 Å². The van der Waals surface area contributed by atoms with Gasteiger partial charge in [-0.25, -0.2) is 0 Å². The largest absolute Gasteiger partial charge is 0.338 e. The first kappa shape index (κ1) is 13.9. The van der Waals surface area contributed by atoms with Crippen molar-refractivity contribution in [2.75, 3.05) is 33.2 Å². The van der Waals surface area contributed by atoms with Crippen LogP contribution in [-0.2, 0) is 0 Å². The second-order valence-corrected chi connectivity index (χ2v) is 6.76. The number of nitrogens with zero attached hydrogens (tertiary/aromatic N) is 2. The fourth-order valence-electron chi connectivity index (χ4n) is 3.67. The molecule has 2 aliphatic heterocycles. The standard InChI is InChI=1S/C16H21ClN2O/c1-18-9-2-7-16(11-18)8-10-19(12-16)15(20)13-3-5-14(17)6-4-13/h3-6H,2,7-12H2,1H3/t16-/m1/s1. The zero-order valence-electron chi connectivity index (χ0n) is 11.9. The number of carbonyl (C=O) groups excluding carboxylic acids is 1. The van der Waals surface area contributed by atoms with Crippen molar-refractivity contribution < 1.29 is 4.79 Å². The monoisotopic (exact) mass is 292 g/mol. The van der Waals surface area contributed by atoms with Crippen molar-refractivity contribution in [3.8, 4) is 0 Å². The van der Waals surface area contributed by atoms with Crippen LogP contribution in [0.3, 0.4) is 0 Å². The Labute approximate surface area is 125 Å². The maximum atomic E-state index is 12.5. The van der Waals surface area contributed by atoms with Crippen molar-refractivity contribution in [3.05, 3.63) is 34.9 Å². The fraction of sp³-hybridized carbons (Fsp3) is 0.562. The lowest BCUT2D eigenvalue weighted by Crippen LogP contribution is -2.43. The average molecular weight is 293 g/mol. The summed E-state index contributed by atoms with van der Waals surface area (Å²) in [7, 11) is 2.19. The van der Waals surface area contributed by atoms with Gasteiger partial charge in [-0.3, -0.25) is 4.79 Å². The van der Waals surface area contributed by atoms with E-state index in [4.69, 9.17) is 11.6 Å². The predicted octanol–water partition coefficient (Wildman–Crippen LogP) is 2.90. The molecule has 1 aromatic rings. The van der Waals surface area contributed by atoms with Crippen molar-refractivity contribution in [2.24, 2.45) is 5.41 Å². The zero-order valence-corrected chi connectivity index (χ0v) is 12.7. The molecule has 0 radical (unpaired) electrons. The first-order chi connectivity index (χ1) is 9.58. The highest BCUT2D eigenvalue weighted by molar-refractivity contribution is 6.30. The molecule has 0 aromatic heterocycles. The van der Waals surface area contributed by atoms with Crippen LogP contribution in [0.2, 0.25) is 5.02 Å². The van der Waals surface area contributed by atoms with Gasteiger partial charge in [0.15, 0.2) is 0 Å². The van der Waals surface area contributed by atoms with E-state index in [0.29, 0.717) is 10.4 Å². The summed E-state index contributed by atoms with van der Waals surface area (Å²) in [6.07, 6.45) is 3.64. The van der Waals surface area contributed by atoms with Crippen LogP contribution in [0.4, 0.5) is 0 Å². The normalized spacial score (nSPS) is 27.2. The molecular formula is C16H21ClN2O. The maximum absolute atomic E-state index is 12.5. The van der Waals surface area contributed by atoms with Gasteiger partial charge in [0, 0.05) is 35.6 Å². The predicted molar refractivity (Wildman–Crippen MR) is 81.1 cm³/mol. The van der Waals surface area contributed by atoms with Crippen LogP contribution < -0.4 is 0 Å². The quantitative estimate of drug-likeness (QED) is 0.795. The summed E-state index contributed by atoms with van der Waals surface area (Å²) in [5, 5.41) is 0.674. The molecule has 1 atom stereocenters. The average Bonchev–Trinajstić information content (AvgIpc) is 2.82. The highest BCUT2D eigenvalue weighted by Crippen LogP contribution is 2.38. The maximum Gasteiger partial charge on any atom is 0.253 e. The smallest absolute Gasteiger partial charge is 0.253 e.